The van der Waals surface area contributed by atoms with Crippen molar-refractivity contribution in [3.8, 4) is 11.3 Å². The molecule has 0 radical (unpaired) electrons. The number of nitrogens with zero attached hydrogens (tertiary/aromatic N) is 1. The summed E-state index contributed by atoms with van der Waals surface area (Å²) < 4.78 is 37.5. The number of nitrogens with one attached hydrogen (secondary N) is 1. The van der Waals surface area contributed by atoms with Crippen LogP contribution in [-0.2, 0) is 6.18 Å². The number of aryl methyl sites for hydroxylation is 1. The standard InChI is InChI=1S/C11H8ClF3N2/c1-6-2-4-7(5-3-6)9-8(12)10(17-16-9)11(13,14)15/h2-5H,1H3,(H,16,17). The molecule has 1 aromatic carbocycles. The maximum absolute atomic E-state index is 12.5. The number of H-pyrrole nitrogens is 1. The van der Waals surface area contributed by atoms with E-state index >= 15 is 0 Å². The fourth-order valence-electron chi connectivity index (χ4n) is 1.42. The molecular formula is C11H8ClF3N2. The van der Waals surface area contributed by atoms with Gasteiger partial charge >= 0.3 is 6.18 Å². The number of aromatic amines is 1. The maximum Gasteiger partial charge on any atom is 0.434 e. The van der Waals surface area contributed by atoms with E-state index in [2.05, 4.69) is 5.10 Å². The number of rotatable bonds is 1. The van der Waals surface area contributed by atoms with E-state index < -0.39 is 16.9 Å². The van der Waals surface area contributed by atoms with E-state index in [1.165, 1.54) is 0 Å². The van der Waals surface area contributed by atoms with Gasteiger partial charge in [-0.3, -0.25) is 5.10 Å². The fourth-order valence-corrected chi connectivity index (χ4v) is 1.72. The van der Waals surface area contributed by atoms with Gasteiger partial charge in [0.05, 0.1) is 5.02 Å². The van der Waals surface area contributed by atoms with Crippen LogP contribution in [0.15, 0.2) is 24.3 Å². The average Bonchev–Trinajstić information content (AvgIpc) is 2.61. The molecule has 0 atom stereocenters. The minimum Gasteiger partial charge on any atom is -0.272 e. The van der Waals surface area contributed by atoms with E-state index in [1.807, 2.05) is 12.0 Å². The summed E-state index contributed by atoms with van der Waals surface area (Å²) in [4.78, 5) is 0. The molecule has 90 valence electrons. The van der Waals surface area contributed by atoms with E-state index in [0.29, 0.717) is 5.56 Å². The van der Waals surface area contributed by atoms with Crippen molar-refractivity contribution in [2.45, 2.75) is 13.1 Å². The highest BCUT2D eigenvalue weighted by Crippen LogP contribution is 2.37. The van der Waals surface area contributed by atoms with Gasteiger partial charge in [0.2, 0.25) is 0 Å². The number of hydrogen-bond acceptors (Lipinski definition) is 1. The Morgan fingerprint density at radius 2 is 1.76 bits per heavy atom. The van der Waals surface area contributed by atoms with Gasteiger partial charge in [0.25, 0.3) is 0 Å². The van der Waals surface area contributed by atoms with E-state index in [4.69, 9.17) is 11.6 Å². The molecular weight excluding hydrogens is 253 g/mol. The van der Waals surface area contributed by atoms with Crippen LogP contribution in [0.2, 0.25) is 5.02 Å². The van der Waals surface area contributed by atoms with Crippen LogP contribution in [0.5, 0.6) is 0 Å². The lowest BCUT2D eigenvalue weighted by Gasteiger charge is -2.03. The fraction of sp³-hybridized carbons (Fsp3) is 0.182. The molecule has 0 unspecified atom stereocenters. The molecule has 0 aliphatic carbocycles. The molecule has 2 aromatic rings. The Hall–Kier alpha value is -1.49. The maximum atomic E-state index is 12.5. The third-order valence-corrected chi connectivity index (χ3v) is 2.68. The third-order valence-electron chi connectivity index (χ3n) is 2.32. The van der Waals surface area contributed by atoms with E-state index in [0.717, 1.165) is 5.56 Å². The minimum absolute atomic E-state index is 0.110. The smallest absolute Gasteiger partial charge is 0.272 e. The van der Waals surface area contributed by atoms with Crippen LogP contribution in [0.4, 0.5) is 13.2 Å². The van der Waals surface area contributed by atoms with E-state index in [-0.39, 0.29) is 5.69 Å². The normalized spacial score (nSPS) is 11.8. The molecule has 1 heterocycles. The van der Waals surface area contributed by atoms with Gasteiger partial charge in [0.15, 0.2) is 5.69 Å². The van der Waals surface area contributed by atoms with Gasteiger partial charge in [0, 0.05) is 5.56 Å². The molecule has 0 bridgehead atoms. The van der Waals surface area contributed by atoms with Gasteiger partial charge in [-0.25, -0.2) is 0 Å². The van der Waals surface area contributed by atoms with Crippen molar-refractivity contribution in [2.24, 2.45) is 0 Å². The Kier molecular flexibility index (Phi) is 2.87. The summed E-state index contributed by atoms with van der Waals surface area (Å²) in [7, 11) is 0. The second-order valence-corrected chi connectivity index (χ2v) is 4.00. The highest BCUT2D eigenvalue weighted by Gasteiger charge is 2.37. The van der Waals surface area contributed by atoms with Gasteiger partial charge < -0.3 is 0 Å². The summed E-state index contributed by atoms with van der Waals surface area (Å²) in [5.41, 5.74) is 0.650. The number of halogens is 4. The second kappa shape index (κ2) is 4.07. The molecule has 0 fully saturated rings. The molecule has 2 nitrogen and oxygen atoms in total. The van der Waals surface area contributed by atoms with Crippen LogP contribution in [0.25, 0.3) is 11.3 Å². The Bertz CT molecular complexity index is 529. The first-order valence-electron chi connectivity index (χ1n) is 4.77. The van der Waals surface area contributed by atoms with Crippen LogP contribution >= 0.6 is 11.6 Å². The summed E-state index contributed by atoms with van der Waals surface area (Å²) in [6, 6.07) is 6.93. The lowest BCUT2D eigenvalue weighted by Crippen LogP contribution is -2.05. The summed E-state index contributed by atoms with van der Waals surface area (Å²) in [6.45, 7) is 1.89. The van der Waals surface area contributed by atoms with Crippen LogP contribution in [-0.4, -0.2) is 10.2 Å². The Morgan fingerprint density at radius 3 is 2.24 bits per heavy atom. The molecule has 0 saturated carbocycles. The molecule has 1 N–H and O–H groups in total. The first-order valence-corrected chi connectivity index (χ1v) is 5.15. The van der Waals surface area contributed by atoms with Crippen LogP contribution < -0.4 is 0 Å². The Morgan fingerprint density at radius 1 is 1.18 bits per heavy atom. The zero-order chi connectivity index (χ0) is 12.6. The van der Waals surface area contributed by atoms with Crippen LogP contribution in [0.3, 0.4) is 0 Å². The number of aromatic nitrogens is 2. The Balaban J connectivity index is 2.48. The van der Waals surface area contributed by atoms with E-state index in [1.54, 1.807) is 24.3 Å². The first kappa shape index (κ1) is 12.0. The quantitative estimate of drug-likeness (QED) is 0.823. The predicted octanol–water partition coefficient (Wildman–Crippen LogP) is 4.06. The number of alkyl halides is 3. The Labute approximate surface area is 100 Å². The second-order valence-electron chi connectivity index (χ2n) is 3.62. The third kappa shape index (κ3) is 2.29. The van der Waals surface area contributed by atoms with Crippen molar-refractivity contribution in [1.82, 2.24) is 10.2 Å². The van der Waals surface area contributed by atoms with Crippen LogP contribution in [0.1, 0.15) is 11.3 Å². The van der Waals surface area contributed by atoms with Crippen molar-refractivity contribution >= 4 is 11.6 Å². The SMILES string of the molecule is Cc1ccc(-c2n[nH]c(C(F)(F)F)c2Cl)cc1. The summed E-state index contributed by atoms with van der Waals surface area (Å²) in [5, 5.41) is 5.12. The van der Waals surface area contributed by atoms with Gasteiger partial charge in [-0.1, -0.05) is 41.4 Å². The highest BCUT2D eigenvalue weighted by atomic mass is 35.5. The topological polar surface area (TPSA) is 28.7 Å². The van der Waals surface area contributed by atoms with E-state index in [9.17, 15) is 13.2 Å². The van der Waals surface area contributed by atoms with Gasteiger partial charge in [0.1, 0.15) is 5.69 Å². The minimum atomic E-state index is -4.52. The van der Waals surface area contributed by atoms with Crippen molar-refractivity contribution in [3.05, 3.63) is 40.5 Å². The first-order chi connectivity index (χ1) is 7.89. The van der Waals surface area contributed by atoms with Gasteiger partial charge in [-0.05, 0) is 6.92 Å². The van der Waals surface area contributed by atoms with Crippen molar-refractivity contribution in [1.29, 1.82) is 0 Å². The van der Waals surface area contributed by atoms with Gasteiger partial charge in [-0.2, -0.15) is 18.3 Å². The average molecular weight is 261 g/mol. The predicted molar refractivity (Wildman–Crippen MR) is 58.8 cm³/mol. The monoisotopic (exact) mass is 260 g/mol. The molecule has 17 heavy (non-hydrogen) atoms. The summed E-state index contributed by atoms with van der Waals surface area (Å²) in [6.07, 6.45) is -4.52. The number of benzene rings is 1. The van der Waals surface area contributed by atoms with Crippen molar-refractivity contribution in [2.75, 3.05) is 0 Å². The van der Waals surface area contributed by atoms with Gasteiger partial charge in [-0.15, -0.1) is 0 Å². The van der Waals surface area contributed by atoms with Crippen molar-refractivity contribution in [3.63, 3.8) is 0 Å². The lowest BCUT2D eigenvalue weighted by molar-refractivity contribution is -0.141. The molecule has 0 saturated heterocycles. The molecule has 0 aliphatic heterocycles. The molecule has 0 aliphatic rings. The molecule has 0 amide bonds. The lowest BCUT2D eigenvalue weighted by atomic mass is 10.1. The largest absolute Gasteiger partial charge is 0.434 e. The molecule has 2 rings (SSSR count). The number of hydrogen-bond donors (Lipinski definition) is 1. The molecule has 1 aromatic heterocycles. The highest BCUT2D eigenvalue weighted by molar-refractivity contribution is 6.33. The molecule has 6 heteroatoms. The molecule has 0 spiro atoms. The zero-order valence-electron chi connectivity index (χ0n) is 8.77. The summed E-state index contributed by atoms with van der Waals surface area (Å²) in [5.74, 6) is 0. The van der Waals surface area contributed by atoms with Crippen LogP contribution in [0, 0.1) is 6.92 Å². The zero-order valence-corrected chi connectivity index (χ0v) is 9.52. The van der Waals surface area contributed by atoms with Crippen molar-refractivity contribution < 1.29 is 13.2 Å². The summed E-state index contributed by atoms with van der Waals surface area (Å²) >= 11 is 5.67.